The summed E-state index contributed by atoms with van der Waals surface area (Å²) in [6.45, 7) is 3.36. The fraction of sp³-hybridized carbons (Fsp3) is 0.889. The fourth-order valence-corrected chi connectivity index (χ4v) is 1.11. The van der Waals surface area contributed by atoms with Gasteiger partial charge in [-0.05, 0) is 12.8 Å². The monoisotopic (exact) mass is 227 g/mol. The molecule has 0 bridgehead atoms. The van der Waals surface area contributed by atoms with Crippen molar-refractivity contribution in [2.24, 2.45) is 11.7 Å². The van der Waals surface area contributed by atoms with Gasteiger partial charge in [0, 0.05) is 0 Å². The number of alkyl halides is 3. The Kier molecular flexibility index (Phi) is 5.64. The third-order valence-corrected chi connectivity index (χ3v) is 2.00. The molecule has 2 N–H and O–H groups in total. The van der Waals surface area contributed by atoms with Crippen LogP contribution in [-0.4, -0.2) is 24.8 Å². The first-order valence-electron chi connectivity index (χ1n) is 4.83. The van der Waals surface area contributed by atoms with Crippen molar-refractivity contribution < 1.29 is 22.7 Å². The van der Waals surface area contributed by atoms with Crippen LogP contribution in [-0.2, 0) is 9.53 Å². The van der Waals surface area contributed by atoms with Crippen LogP contribution in [0.3, 0.4) is 0 Å². The van der Waals surface area contributed by atoms with Crippen molar-refractivity contribution in [3.8, 4) is 0 Å². The average molecular weight is 227 g/mol. The molecule has 0 aliphatic carbocycles. The van der Waals surface area contributed by atoms with E-state index in [9.17, 15) is 18.0 Å². The zero-order valence-corrected chi connectivity index (χ0v) is 8.80. The predicted octanol–water partition coefficient (Wildman–Crippen LogP) is 1.86. The largest absolute Gasteiger partial charge is 0.465 e. The van der Waals surface area contributed by atoms with Gasteiger partial charge in [-0.25, -0.2) is 0 Å². The SMILES string of the molecule is CCCOC(=O)[C@H](CC)[C@@H](N)C(F)(F)F. The molecule has 0 aromatic heterocycles. The van der Waals surface area contributed by atoms with Crippen LogP contribution in [0.4, 0.5) is 13.2 Å². The van der Waals surface area contributed by atoms with E-state index in [1.54, 1.807) is 6.92 Å². The number of halogens is 3. The molecule has 0 aliphatic heterocycles. The third-order valence-electron chi connectivity index (χ3n) is 2.00. The van der Waals surface area contributed by atoms with Crippen LogP contribution in [0.25, 0.3) is 0 Å². The standard InChI is InChI=1S/C9H16F3NO2/c1-3-5-15-8(14)6(4-2)7(13)9(10,11)12/h6-7H,3-5,13H2,1-2H3/t6-,7-/m1/s1. The molecule has 0 saturated carbocycles. The Bertz CT molecular complexity index is 206. The molecule has 0 fully saturated rings. The molecule has 6 heteroatoms. The van der Waals surface area contributed by atoms with Gasteiger partial charge in [0.25, 0.3) is 0 Å². The number of ether oxygens (including phenoxy) is 1. The van der Waals surface area contributed by atoms with E-state index in [4.69, 9.17) is 5.73 Å². The van der Waals surface area contributed by atoms with Crippen LogP contribution >= 0.6 is 0 Å². The Morgan fingerprint density at radius 3 is 2.27 bits per heavy atom. The highest BCUT2D eigenvalue weighted by molar-refractivity contribution is 5.73. The fourth-order valence-electron chi connectivity index (χ4n) is 1.11. The minimum absolute atomic E-state index is 0.0171. The van der Waals surface area contributed by atoms with Gasteiger partial charge in [0.1, 0.15) is 6.04 Å². The smallest absolute Gasteiger partial charge is 0.404 e. The molecule has 0 heterocycles. The Balaban J connectivity index is 4.41. The maximum absolute atomic E-state index is 12.2. The van der Waals surface area contributed by atoms with Gasteiger partial charge in [0.15, 0.2) is 0 Å². The first kappa shape index (κ1) is 14.2. The second-order valence-corrected chi connectivity index (χ2v) is 3.25. The summed E-state index contributed by atoms with van der Waals surface area (Å²) in [6.07, 6.45) is -3.97. The van der Waals surface area contributed by atoms with E-state index in [1.165, 1.54) is 6.92 Å². The van der Waals surface area contributed by atoms with Gasteiger partial charge in [0.05, 0.1) is 12.5 Å². The minimum atomic E-state index is -4.56. The van der Waals surface area contributed by atoms with Crippen molar-refractivity contribution in [3.63, 3.8) is 0 Å². The van der Waals surface area contributed by atoms with E-state index in [2.05, 4.69) is 4.74 Å². The van der Waals surface area contributed by atoms with Crippen LogP contribution in [0.2, 0.25) is 0 Å². The average Bonchev–Trinajstić information content (AvgIpc) is 2.14. The van der Waals surface area contributed by atoms with Gasteiger partial charge in [-0.3, -0.25) is 4.79 Å². The first-order chi connectivity index (χ1) is 6.84. The summed E-state index contributed by atoms with van der Waals surface area (Å²) >= 11 is 0. The number of hydrogen-bond acceptors (Lipinski definition) is 3. The third kappa shape index (κ3) is 4.51. The summed E-state index contributed by atoms with van der Waals surface area (Å²) in [6, 6.07) is -2.15. The molecule has 2 atom stereocenters. The molecule has 0 aromatic rings. The molecular formula is C9H16F3NO2. The van der Waals surface area contributed by atoms with Gasteiger partial charge < -0.3 is 10.5 Å². The molecule has 0 saturated heterocycles. The number of carbonyl (C=O) groups excluding carboxylic acids is 1. The second-order valence-electron chi connectivity index (χ2n) is 3.25. The van der Waals surface area contributed by atoms with Crippen LogP contribution in [0.1, 0.15) is 26.7 Å². The zero-order valence-electron chi connectivity index (χ0n) is 8.80. The van der Waals surface area contributed by atoms with Crippen LogP contribution < -0.4 is 5.73 Å². The molecular weight excluding hydrogens is 211 g/mol. The molecule has 90 valence electrons. The summed E-state index contributed by atoms with van der Waals surface area (Å²) in [5, 5.41) is 0. The quantitative estimate of drug-likeness (QED) is 0.729. The molecule has 0 amide bonds. The van der Waals surface area contributed by atoms with E-state index in [-0.39, 0.29) is 13.0 Å². The van der Waals surface area contributed by atoms with Gasteiger partial charge in [-0.2, -0.15) is 13.2 Å². The number of carbonyl (C=O) groups is 1. The maximum Gasteiger partial charge on any atom is 0.404 e. The number of rotatable bonds is 5. The molecule has 0 aromatic carbocycles. The summed E-state index contributed by atoms with van der Waals surface area (Å²) in [7, 11) is 0. The summed E-state index contributed by atoms with van der Waals surface area (Å²) in [4.78, 5) is 11.2. The van der Waals surface area contributed by atoms with Crippen LogP contribution in [0.5, 0.6) is 0 Å². The topological polar surface area (TPSA) is 52.3 Å². The van der Waals surface area contributed by atoms with Crippen molar-refractivity contribution in [1.82, 2.24) is 0 Å². The summed E-state index contributed by atoms with van der Waals surface area (Å²) in [5.74, 6) is -2.18. The van der Waals surface area contributed by atoms with Crippen molar-refractivity contribution in [2.45, 2.75) is 38.9 Å². The second kappa shape index (κ2) is 5.95. The van der Waals surface area contributed by atoms with Gasteiger partial charge in [-0.15, -0.1) is 0 Å². The highest BCUT2D eigenvalue weighted by Crippen LogP contribution is 2.26. The molecule has 15 heavy (non-hydrogen) atoms. The Morgan fingerprint density at radius 1 is 1.40 bits per heavy atom. The summed E-state index contributed by atoms with van der Waals surface area (Å²) in [5.41, 5.74) is 4.95. The highest BCUT2D eigenvalue weighted by Gasteiger charge is 2.44. The zero-order chi connectivity index (χ0) is 12.1. The Morgan fingerprint density at radius 2 is 1.93 bits per heavy atom. The molecule has 0 rings (SSSR count). The van der Waals surface area contributed by atoms with E-state index >= 15 is 0 Å². The first-order valence-corrected chi connectivity index (χ1v) is 4.83. The lowest BCUT2D eigenvalue weighted by molar-refractivity contribution is -0.176. The lowest BCUT2D eigenvalue weighted by atomic mass is 9.97. The number of hydrogen-bond donors (Lipinski definition) is 1. The number of nitrogens with two attached hydrogens (primary N) is 1. The summed E-state index contributed by atoms with van der Waals surface area (Å²) < 4.78 is 41.3. The van der Waals surface area contributed by atoms with Gasteiger partial charge in [-0.1, -0.05) is 13.8 Å². The predicted molar refractivity (Wildman–Crippen MR) is 49.1 cm³/mol. The Hall–Kier alpha value is -0.780. The molecule has 0 unspecified atom stereocenters. The van der Waals surface area contributed by atoms with E-state index < -0.39 is 24.1 Å². The van der Waals surface area contributed by atoms with E-state index in [0.717, 1.165) is 0 Å². The van der Waals surface area contributed by atoms with E-state index in [0.29, 0.717) is 6.42 Å². The van der Waals surface area contributed by atoms with Crippen molar-refractivity contribution in [1.29, 1.82) is 0 Å². The molecule has 0 aliphatic rings. The van der Waals surface area contributed by atoms with Gasteiger partial charge in [0.2, 0.25) is 0 Å². The molecule has 3 nitrogen and oxygen atoms in total. The van der Waals surface area contributed by atoms with Gasteiger partial charge >= 0.3 is 12.1 Å². The minimum Gasteiger partial charge on any atom is -0.465 e. The molecule has 0 spiro atoms. The molecule has 0 radical (unpaired) electrons. The number of esters is 1. The van der Waals surface area contributed by atoms with Crippen LogP contribution in [0, 0.1) is 5.92 Å². The van der Waals surface area contributed by atoms with Crippen molar-refractivity contribution in [2.75, 3.05) is 6.61 Å². The lowest BCUT2D eigenvalue weighted by Crippen LogP contribution is -2.47. The lowest BCUT2D eigenvalue weighted by Gasteiger charge is -2.23. The highest BCUT2D eigenvalue weighted by atomic mass is 19.4. The normalized spacial score (nSPS) is 15.9. The van der Waals surface area contributed by atoms with Crippen molar-refractivity contribution >= 4 is 5.97 Å². The maximum atomic E-state index is 12.2. The van der Waals surface area contributed by atoms with Crippen molar-refractivity contribution in [3.05, 3.63) is 0 Å². The Labute approximate surface area is 86.8 Å². The van der Waals surface area contributed by atoms with Crippen LogP contribution in [0.15, 0.2) is 0 Å². The van der Waals surface area contributed by atoms with E-state index in [1.807, 2.05) is 0 Å².